The van der Waals surface area contributed by atoms with Crippen molar-refractivity contribution in [1.82, 2.24) is 5.32 Å². The van der Waals surface area contributed by atoms with Gasteiger partial charge in [-0.2, -0.15) is 0 Å². The van der Waals surface area contributed by atoms with Gasteiger partial charge in [0.15, 0.2) is 5.17 Å². The number of thioether (sulfide) groups is 1. The standard InChI is InChI=1S/C11H20N2OS/c1-2-4-10-8-13-11(15-10)12-7-9-5-3-6-14-9/h9-10H,2-8H2,1H3,(H,12,13). The number of hydrogen-bond donors (Lipinski definition) is 1. The van der Waals surface area contributed by atoms with Crippen molar-refractivity contribution in [3.63, 3.8) is 0 Å². The number of nitrogens with zero attached hydrogens (tertiary/aromatic N) is 1. The van der Waals surface area contributed by atoms with Crippen molar-refractivity contribution in [2.75, 3.05) is 19.7 Å². The van der Waals surface area contributed by atoms with E-state index in [4.69, 9.17) is 4.74 Å². The normalized spacial score (nSPS) is 30.6. The van der Waals surface area contributed by atoms with Gasteiger partial charge in [0, 0.05) is 18.4 Å². The van der Waals surface area contributed by atoms with Gasteiger partial charge in [0.2, 0.25) is 0 Å². The van der Waals surface area contributed by atoms with Crippen molar-refractivity contribution in [1.29, 1.82) is 0 Å². The molecule has 2 aliphatic heterocycles. The lowest BCUT2D eigenvalue weighted by Crippen LogP contribution is -2.29. The highest BCUT2D eigenvalue weighted by atomic mass is 32.2. The van der Waals surface area contributed by atoms with Gasteiger partial charge in [0.25, 0.3) is 0 Å². The fourth-order valence-electron chi connectivity index (χ4n) is 1.99. The van der Waals surface area contributed by atoms with E-state index >= 15 is 0 Å². The van der Waals surface area contributed by atoms with Crippen LogP contribution < -0.4 is 5.32 Å². The summed E-state index contributed by atoms with van der Waals surface area (Å²) in [5.41, 5.74) is 0. The van der Waals surface area contributed by atoms with Gasteiger partial charge in [-0.3, -0.25) is 4.99 Å². The average Bonchev–Trinajstić information content (AvgIpc) is 2.85. The third-order valence-corrected chi connectivity index (χ3v) is 4.05. The van der Waals surface area contributed by atoms with Crippen LogP contribution in [0.2, 0.25) is 0 Å². The number of rotatable bonds is 4. The van der Waals surface area contributed by atoms with Gasteiger partial charge >= 0.3 is 0 Å². The minimum atomic E-state index is 0.415. The molecule has 2 heterocycles. The second kappa shape index (κ2) is 5.75. The molecule has 2 aliphatic rings. The first-order valence-corrected chi connectivity index (χ1v) is 6.83. The molecule has 0 aromatic rings. The Morgan fingerprint density at radius 3 is 3.27 bits per heavy atom. The molecular formula is C11H20N2OS. The number of ether oxygens (including phenoxy) is 1. The van der Waals surface area contributed by atoms with Crippen molar-refractivity contribution >= 4 is 16.9 Å². The van der Waals surface area contributed by atoms with E-state index in [-0.39, 0.29) is 0 Å². The molecule has 0 aliphatic carbocycles. The summed E-state index contributed by atoms with van der Waals surface area (Å²) < 4.78 is 5.56. The van der Waals surface area contributed by atoms with Crippen LogP contribution in [0.4, 0.5) is 0 Å². The highest BCUT2D eigenvalue weighted by Crippen LogP contribution is 2.23. The fourth-order valence-corrected chi connectivity index (χ4v) is 3.13. The summed E-state index contributed by atoms with van der Waals surface area (Å²) in [5.74, 6) is 0. The van der Waals surface area contributed by atoms with Crippen LogP contribution in [0.3, 0.4) is 0 Å². The Bertz CT molecular complexity index is 227. The molecule has 0 saturated carbocycles. The molecule has 0 spiro atoms. The van der Waals surface area contributed by atoms with Gasteiger partial charge in [-0.1, -0.05) is 25.1 Å². The predicted molar refractivity (Wildman–Crippen MR) is 65.6 cm³/mol. The Morgan fingerprint density at radius 2 is 2.53 bits per heavy atom. The Hall–Kier alpha value is -0.220. The topological polar surface area (TPSA) is 33.6 Å². The summed E-state index contributed by atoms with van der Waals surface area (Å²) in [6.45, 7) is 5.10. The molecule has 0 aromatic heterocycles. The van der Waals surface area contributed by atoms with E-state index in [9.17, 15) is 0 Å². The molecule has 0 aromatic carbocycles. The maximum Gasteiger partial charge on any atom is 0.157 e. The van der Waals surface area contributed by atoms with Crippen molar-refractivity contribution < 1.29 is 4.74 Å². The molecule has 4 heteroatoms. The van der Waals surface area contributed by atoms with Gasteiger partial charge in [-0.05, 0) is 19.3 Å². The summed E-state index contributed by atoms with van der Waals surface area (Å²) in [6.07, 6.45) is 5.36. The van der Waals surface area contributed by atoms with Gasteiger partial charge in [-0.15, -0.1) is 0 Å². The van der Waals surface area contributed by atoms with E-state index in [0.29, 0.717) is 11.4 Å². The number of amidine groups is 1. The monoisotopic (exact) mass is 228 g/mol. The third kappa shape index (κ3) is 3.38. The zero-order valence-electron chi connectivity index (χ0n) is 9.37. The van der Waals surface area contributed by atoms with E-state index in [1.54, 1.807) is 0 Å². The van der Waals surface area contributed by atoms with E-state index in [1.165, 1.54) is 25.7 Å². The van der Waals surface area contributed by atoms with Gasteiger partial charge in [-0.25, -0.2) is 0 Å². The van der Waals surface area contributed by atoms with Crippen LogP contribution in [0, 0.1) is 0 Å². The van der Waals surface area contributed by atoms with Crippen LogP contribution in [0.25, 0.3) is 0 Å². The maximum absolute atomic E-state index is 5.56. The molecule has 2 atom stereocenters. The molecule has 0 amide bonds. The first-order chi connectivity index (χ1) is 7.38. The molecular weight excluding hydrogens is 208 g/mol. The number of nitrogens with one attached hydrogen (secondary N) is 1. The summed E-state index contributed by atoms with van der Waals surface area (Å²) in [7, 11) is 0. The molecule has 1 fully saturated rings. The minimum absolute atomic E-state index is 0.415. The molecule has 15 heavy (non-hydrogen) atoms. The van der Waals surface area contributed by atoms with Crippen molar-refractivity contribution in [2.24, 2.45) is 4.99 Å². The Balaban J connectivity index is 1.63. The van der Waals surface area contributed by atoms with Crippen molar-refractivity contribution in [2.45, 2.75) is 44.0 Å². The van der Waals surface area contributed by atoms with Crippen LogP contribution in [0.5, 0.6) is 0 Å². The number of hydrogen-bond acceptors (Lipinski definition) is 4. The SMILES string of the molecule is CCCC1CN=C(NCC2CCCO2)S1. The van der Waals surface area contributed by atoms with Crippen LogP contribution in [-0.4, -0.2) is 36.2 Å². The van der Waals surface area contributed by atoms with Gasteiger partial charge in [0.1, 0.15) is 0 Å². The number of aliphatic imine (C=N–C) groups is 1. The smallest absolute Gasteiger partial charge is 0.157 e. The van der Waals surface area contributed by atoms with Crippen molar-refractivity contribution in [3.05, 3.63) is 0 Å². The zero-order valence-corrected chi connectivity index (χ0v) is 10.2. The van der Waals surface area contributed by atoms with Gasteiger partial charge in [0.05, 0.1) is 12.6 Å². The third-order valence-electron chi connectivity index (χ3n) is 2.83. The summed E-state index contributed by atoms with van der Waals surface area (Å²) in [4.78, 5) is 4.51. The molecule has 0 bridgehead atoms. The quantitative estimate of drug-likeness (QED) is 0.799. The van der Waals surface area contributed by atoms with Crippen LogP contribution in [-0.2, 0) is 4.74 Å². The first-order valence-electron chi connectivity index (χ1n) is 5.95. The Labute approximate surface area is 96.1 Å². The highest BCUT2D eigenvalue weighted by molar-refractivity contribution is 8.14. The summed E-state index contributed by atoms with van der Waals surface area (Å²) in [5, 5.41) is 5.24. The zero-order chi connectivity index (χ0) is 10.5. The molecule has 2 unspecified atom stereocenters. The first kappa shape index (κ1) is 11.3. The second-order valence-corrected chi connectivity index (χ2v) is 5.48. The maximum atomic E-state index is 5.56. The van der Waals surface area contributed by atoms with E-state index in [1.807, 2.05) is 11.8 Å². The highest BCUT2D eigenvalue weighted by Gasteiger charge is 2.20. The second-order valence-electron chi connectivity index (χ2n) is 4.19. The molecule has 0 radical (unpaired) electrons. The molecule has 1 saturated heterocycles. The fraction of sp³-hybridized carbons (Fsp3) is 0.909. The van der Waals surface area contributed by atoms with Crippen molar-refractivity contribution in [3.8, 4) is 0 Å². The van der Waals surface area contributed by atoms with E-state index in [0.717, 1.165) is 24.9 Å². The molecule has 2 rings (SSSR count). The Kier molecular flexibility index (Phi) is 4.32. The molecule has 1 N–H and O–H groups in total. The van der Waals surface area contributed by atoms with E-state index < -0.39 is 0 Å². The van der Waals surface area contributed by atoms with E-state index in [2.05, 4.69) is 17.2 Å². The molecule has 3 nitrogen and oxygen atoms in total. The van der Waals surface area contributed by atoms with Crippen LogP contribution >= 0.6 is 11.8 Å². The Morgan fingerprint density at radius 1 is 1.60 bits per heavy atom. The average molecular weight is 228 g/mol. The van der Waals surface area contributed by atoms with Crippen LogP contribution in [0.1, 0.15) is 32.6 Å². The molecule has 86 valence electrons. The lowest BCUT2D eigenvalue weighted by atomic mass is 10.2. The minimum Gasteiger partial charge on any atom is -0.376 e. The van der Waals surface area contributed by atoms with Gasteiger partial charge < -0.3 is 10.1 Å². The van der Waals surface area contributed by atoms with Crippen LogP contribution in [0.15, 0.2) is 4.99 Å². The summed E-state index contributed by atoms with van der Waals surface area (Å²) >= 11 is 1.90. The lowest BCUT2D eigenvalue weighted by Gasteiger charge is -2.11. The summed E-state index contributed by atoms with van der Waals surface area (Å²) in [6, 6.07) is 0. The lowest BCUT2D eigenvalue weighted by molar-refractivity contribution is 0.114. The predicted octanol–water partition coefficient (Wildman–Crippen LogP) is 2.03. The largest absolute Gasteiger partial charge is 0.376 e.